The molecule has 1 aliphatic heterocycles. The van der Waals surface area contributed by atoms with Crippen LogP contribution in [-0.4, -0.2) is 17.4 Å². The van der Waals surface area contributed by atoms with Crippen LogP contribution in [-0.2, 0) is 17.8 Å². The van der Waals surface area contributed by atoms with Gasteiger partial charge in [0.1, 0.15) is 5.82 Å². The molecular formula is C25H29N3O. The summed E-state index contributed by atoms with van der Waals surface area (Å²) < 4.78 is 0. The summed E-state index contributed by atoms with van der Waals surface area (Å²) in [5, 5.41) is 4.28. The molecule has 0 radical (unpaired) electrons. The molecule has 0 atom stereocenters. The van der Waals surface area contributed by atoms with Crippen molar-refractivity contribution in [2.45, 2.75) is 52.0 Å². The third-order valence-electron chi connectivity index (χ3n) is 5.64. The molecule has 4 nitrogen and oxygen atoms in total. The largest absolute Gasteiger partial charge is 0.352 e. The van der Waals surface area contributed by atoms with E-state index in [9.17, 15) is 4.79 Å². The highest BCUT2D eigenvalue weighted by Crippen LogP contribution is 2.38. The minimum absolute atomic E-state index is 0.112. The number of anilines is 2. The van der Waals surface area contributed by atoms with Crippen LogP contribution in [0.15, 0.2) is 54.6 Å². The lowest BCUT2D eigenvalue weighted by molar-refractivity contribution is -0.116. The zero-order valence-electron chi connectivity index (χ0n) is 17.2. The van der Waals surface area contributed by atoms with Gasteiger partial charge in [0.2, 0.25) is 5.91 Å². The number of carbonyl (C=O) groups excluding carboxylic acids is 1. The molecule has 2 heterocycles. The van der Waals surface area contributed by atoms with Crippen LogP contribution in [0.5, 0.6) is 0 Å². The monoisotopic (exact) mass is 387 g/mol. The molecule has 150 valence electrons. The number of hydrogen-bond acceptors (Lipinski definition) is 3. The molecule has 0 bridgehead atoms. The summed E-state index contributed by atoms with van der Waals surface area (Å²) in [7, 11) is 0. The molecule has 29 heavy (non-hydrogen) atoms. The Labute approximate surface area is 173 Å². The van der Waals surface area contributed by atoms with Gasteiger partial charge in [-0.15, -0.1) is 0 Å². The van der Waals surface area contributed by atoms with Crippen molar-refractivity contribution in [3.05, 3.63) is 65.7 Å². The van der Waals surface area contributed by atoms with Gasteiger partial charge in [-0.3, -0.25) is 4.79 Å². The molecule has 0 unspecified atom stereocenters. The minimum Gasteiger partial charge on any atom is -0.352 e. The molecule has 0 aliphatic carbocycles. The fourth-order valence-corrected chi connectivity index (χ4v) is 4.10. The van der Waals surface area contributed by atoms with Gasteiger partial charge in [0.05, 0.1) is 11.2 Å². The Morgan fingerprint density at radius 2 is 1.83 bits per heavy atom. The van der Waals surface area contributed by atoms with Gasteiger partial charge in [-0.25, -0.2) is 4.98 Å². The van der Waals surface area contributed by atoms with E-state index in [1.807, 2.05) is 24.3 Å². The average molecular weight is 388 g/mol. The third kappa shape index (κ3) is 4.42. The first-order valence-corrected chi connectivity index (χ1v) is 10.8. The van der Waals surface area contributed by atoms with Crippen molar-refractivity contribution in [3.63, 3.8) is 0 Å². The molecule has 4 heteroatoms. The van der Waals surface area contributed by atoms with Gasteiger partial charge in [0, 0.05) is 30.5 Å². The molecule has 0 fully saturated rings. The van der Waals surface area contributed by atoms with Crippen LogP contribution in [0.4, 0.5) is 11.5 Å². The second-order valence-corrected chi connectivity index (χ2v) is 7.82. The van der Waals surface area contributed by atoms with Crippen molar-refractivity contribution < 1.29 is 4.79 Å². The maximum absolute atomic E-state index is 12.6. The number of para-hydroxylation sites is 1. The van der Waals surface area contributed by atoms with Crippen LogP contribution >= 0.6 is 0 Å². The summed E-state index contributed by atoms with van der Waals surface area (Å²) in [5.41, 5.74) is 4.34. The first-order valence-electron chi connectivity index (χ1n) is 10.8. The number of aromatic nitrogens is 1. The summed E-state index contributed by atoms with van der Waals surface area (Å²) in [6.45, 7) is 3.95. The molecule has 0 saturated carbocycles. The van der Waals surface area contributed by atoms with E-state index in [1.165, 1.54) is 24.0 Å². The third-order valence-corrected chi connectivity index (χ3v) is 5.64. The van der Waals surface area contributed by atoms with Crippen LogP contribution < -0.4 is 10.2 Å². The van der Waals surface area contributed by atoms with Crippen molar-refractivity contribution in [2.75, 3.05) is 16.8 Å². The first-order chi connectivity index (χ1) is 14.3. The van der Waals surface area contributed by atoms with Crippen LogP contribution in [0, 0.1) is 0 Å². The lowest BCUT2D eigenvalue weighted by Crippen LogP contribution is -2.20. The molecule has 2 aromatic carbocycles. The topological polar surface area (TPSA) is 45.2 Å². The molecule has 1 N–H and O–H groups in total. The van der Waals surface area contributed by atoms with E-state index in [0.29, 0.717) is 6.42 Å². The Bertz CT molecular complexity index is 984. The normalized spacial score (nSPS) is 12.9. The van der Waals surface area contributed by atoms with Gasteiger partial charge >= 0.3 is 0 Å². The molecule has 0 spiro atoms. The Kier molecular flexibility index (Phi) is 6.09. The maximum atomic E-state index is 12.6. The van der Waals surface area contributed by atoms with Crippen molar-refractivity contribution in [1.82, 2.24) is 4.98 Å². The van der Waals surface area contributed by atoms with Gasteiger partial charge in [-0.2, -0.15) is 0 Å². The van der Waals surface area contributed by atoms with E-state index >= 15 is 0 Å². The lowest BCUT2D eigenvalue weighted by atomic mass is 10.1. The van der Waals surface area contributed by atoms with Crippen LogP contribution in [0.2, 0.25) is 0 Å². The highest BCUT2D eigenvalue weighted by atomic mass is 16.1. The summed E-state index contributed by atoms with van der Waals surface area (Å²) in [6.07, 6.45) is 5.93. The molecule has 3 aromatic rings. The van der Waals surface area contributed by atoms with Crippen LogP contribution in [0.25, 0.3) is 10.9 Å². The fraction of sp³-hybridized carbons (Fsp3) is 0.360. The standard InChI is InChI=1S/C25H29N3O/c1-2-3-4-8-15-23(29)27-24-20-13-9-10-14-22(20)26-25-21(24)16-17-28(25)18-19-11-6-5-7-12-19/h5-7,9-14H,2-4,8,15-18H2,1H3,(H,26,27,29). The van der Waals surface area contributed by atoms with Crippen LogP contribution in [0.1, 0.15) is 50.2 Å². The van der Waals surface area contributed by atoms with E-state index < -0.39 is 0 Å². The molecular weight excluding hydrogens is 358 g/mol. The van der Waals surface area contributed by atoms with E-state index in [0.717, 1.165) is 54.8 Å². The number of hydrogen-bond donors (Lipinski definition) is 1. The number of unbranched alkanes of at least 4 members (excludes halogenated alkanes) is 3. The van der Waals surface area contributed by atoms with Crippen LogP contribution in [0.3, 0.4) is 0 Å². The zero-order chi connectivity index (χ0) is 20.1. The predicted octanol–water partition coefficient (Wildman–Crippen LogP) is 5.71. The van der Waals surface area contributed by atoms with E-state index in [-0.39, 0.29) is 5.91 Å². The SMILES string of the molecule is CCCCCCC(=O)Nc1c2c(nc3ccccc13)N(Cc1ccccc1)CC2. The van der Waals surface area contributed by atoms with Crippen molar-refractivity contribution in [2.24, 2.45) is 0 Å². The van der Waals surface area contributed by atoms with Gasteiger partial charge < -0.3 is 10.2 Å². The number of nitrogens with one attached hydrogen (secondary N) is 1. The Morgan fingerprint density at radius 3 is 2.66 bits per heavy atom. The number of benzene rings is 2. The van der Waals surface area contributed by atoms with Crippen molar-refractivity contribution in [3.8, 4) is 0 Å². The zero-order valence-corrected chi connectivity index (χ0v) is 17.2. The van der Waals surface area contributed by atoms with E-state index in [2.05, 4.69) is 47.5 Å². The highest BCUT2D eigenvalue weighted by molar-refractivity contribution is 6.04. The molecule has 0 saturated heterocycles. The average Bonchev–Trinajstić information content (AvgIpc) is 3.14. The summed E-state index contributed by atoms with van der Waals surface area (Å²) in [6, 6.07) is 18.6. The predicted molar refractivity (Wildman–Crippen MR) is 120 cm³/mol. The number of amides is 1. The minimum atomic E-state index is 0.112. The number of carbonyl (C=O) groups is 1. The maximum Gasteiger partial charge on any atom is 0.224 e. The van der Waals surface area contributed by atoms with Crippen molar-refractivity contribution >= 4 is 28.3 Å². The second kappa shape index (κ2) is 9.08. The molecule has 1 aliphatic rings. The van der Waals surface area contributed by atoms with Crippen molar-refractivity contribution in [1.29, 1.82) is 0 Å². The van der Waals surface area contributed by atoms with Gasteiger partial charge in [0.15, 0.2) is 0 Å². The van der Waals surface area contributed by atoms with Gasteiger partial charge in [0.25, 0.3) is 0 Å². The van der Waals surface area contributed by atoms with E-state index in [4.69, 9.17) is 4.98 Å². The fourth-order valence-electron chi connectivity index (χ4n) is 4.10. The van der Waals surface area contributed by atoms with Gasteiger partial charge in [-0.1, -0.05) is 74.7 Å². The van der Waals surface area contributed by atoms with Gasteiger partial charge in [-0.05, 0) is 24.5 Å². The number of pyridine rings is 1. The number of fused-ring (bicyclic) bond motifs is 2. The number of nitrogens with zero attached hydrogens (tertiary/aromatic N) is 2. The number of rotatable bonds is 8. The summed E-state index contributed by atoms with van der Waals surface area (Å²) in [4.78, 5) is 19.9. The molecule has 4 rings (SSSR count). The Hall–Kier alpha value is -2.88. The smallest absolute Gasteiger partial charge is 0.224 e. The lowest BCUT2D eigenvalue weighted by Gasteiger charge is -2.20. The molecule has 1 amide bonds. The van der Waals surface area contributed by atoms with E-state index in [1.54, 1.807) is 0 Å². The summed E-state index contributed by atoms with van der Waals surface area (Å²) >= 11 is 0. The Balaban J connectivity index is 1.61. The quantitative estimate of drug-likeness (QED) is 0.504. The summed E-state index contributed by atoms with van der Waals surface area (Å²) in [5.74, 6) is 1.12. The highest BCUT2D eigenvalue weighted by Gasteiger charge is 2.26. The second-order valence-electron chi connectivity index (χ2n) is 7.82. The Morgan fingerprint density at radius 1 is 1.03 bits per heavy atom. The first kappa shape index (κ1) is 19.4. The molecule has 1 aromatic heterocycles.